The highest BCUT2D eigenvalue weighted by Crippen LogP contribution is 2.24. The van der Waals surface area contributed by atoms with E-state index in [1.807, 2.05) is 0 Å². The van der Waals surface area contributed by atoms with Crippen molar-refractivity contribution < 1.29 is 13.9 Å². The van der Waals surface area contributed by atoms with Gasteiger partial charge in [-0.05, 0) is 25.8 Å². The molecule has 1 saturated carbocycles. The predicted molar refractivity (Wildman–Crippen MR) is 71.2 cm³/mol. The first-order chi connectivity index (χ1) is 9.22. The Kier molecular flexibility index (Phi) is 4.91. The van der Waals surface area contributed by atoms with E-state index < -0.39 is 12.0 Å². The third-order valence-electron chi connectivity index (χ3n) is 3.50. The second-order valence-electron chi connectivity index (χ2n) is 4.85. The number of hydrogen-bond acceptors (Lipinski definition) is 3. The average molecular weight is 265 g/mol. The Bertz CT molecular complexity index is 430. The summed E-state index contributed by atoms with van der Waals surface area (Å²) in [4.78, 5) is 12.0. The van der Waals surface area contributed by atoms with Crippen molar-refractivity contribution in [3.05, 3.63) is 35.6 Å². The summed E-state index contributed by atoms with van der Waals surface area (Å²) in [5, 5.41) is 3.24. The highest BCUT2D eigenvalue weighted by atomic mass is 19.1. The molecule has 1 aliphatic carbocycles. The third-order valence-corrected chi connectivity index (χ3v) is 3.50. The Hall–Kier alpha value is -1.42. The maximum Gasteiger partial charge on any atom is 0.327 e. The van der Waals surface area contributed by atoms with Crippen LogP contribution in [-0.2, 0) is 9.53 Å². The number of benzene rings is 1. The minimum atomic E-state index is -0.704. The van der Waals surface area contributed by atoms with Crippen molar-refractivity contribution >= 4 is 5.97 Å². The van der Waals surface area contributed by atoms with Crippen LogP contribution >= 0.6 is 0 Å². The lowest BCUT2D eigenvalue weighted by Crippen LogP contribution is -2.37. The van der Waals surface area contributed by atoms with Crippen LogP contribution in [0, 0.1) is 5.82 Å². The smallest absolute Gasteiger partial charge is 0.327 e. The number of nitrogens with one attached hydrogen (secondary N) is 1. The topological polar surface area (TPSA) is 38.3 Å². The molecule has 104 valence electrons. The van der Waals surface area contributed by atoms with E-state index in [2.05, 4.69) is 5.32 Å². The van der Waals surface area contributed by atoms with E-state index in [1.54, 1.807) is 25.1 Å². The van der Waals surface area contributed by atoms with Crippen molar-refractivity contribution in [3.63, 3.8) is 0 Å². The summed E-state index contributed by atoms with van der Waals surface area (Å²) in [7, 11) is 0. The van der Waals surface area contributed by atoms with Crippen LogP contribution < -0.4 is 5.32 Å². The second kappa shape index (κ2) is 6.66. The molecule has 1 aliphatic rings. The molecule has 0 heterocycles. The molecule has 1 N–H and O–H groups in total. The quantitative estimate of drug-likeness (QED) is 0.832. The number of carbonyl (C=O) groups excluding carboxylic acids is 1. The van der Waals surface area contributed by atoms with Gasteiger partial charge in [0.05, 0.1) is 6.61 Å². The molecule has 0 amide bonds. The van der Waals surface area contributed by atoms with Gasteiger partial charge >= 0.3 is 5.97 Å². The van der Waals surface area contributed by atoms with Crippen LogP contribution in [0.3, 0.4) is 0 Å². The van der Waals surface area contributed by atoms with Crippen molar-refractivity contribution in [3.8, 4) is 0 Å². The molecule has 0 saturated heterocycles. The Morgan fingerprint density at radius 2 is 2.11 bits per heavy atom. The molecule has 3 nitrogen and oxygen atoms in total. The maximum atomic E-state index is 13.9. The van der Waals surface area contributed by atoms with Gasteiger partial charge in [-0.15, -0.1) is 0 Å². The zero-order valence-corrected chi connectivity index (χ0v) is 11.2. The van der Waals surface area contributed by atoms with Crippen LogP contribution in [0.25, 0.3) is 0 Å². The predicted octanol–water partition coefficient (Wildman–Crippen LogP) is 2.96. The van der Waals surface area contributed by atoms with E-state index in [1.165, 1.54) is 6.07 Å². The van der Waals surface area contributed by atoms with Crippen molar-refractivity contribution in [1.82, 2.24) is 5.32 Å². The number of rotatable bonds is 5. The van der Waals surface area contributed by atoms with E-state index >= 15 is 0 Å². The molecule has 19 heavy (non-hydrogen) atoms. The summed E-state index contributed by atoms with van der Waals surface area (Å²) in [5.41, 5.74) is 0.368. The van der Waals surface area contributed by atoms with Crippen LogP contribution in [0.15, 0.2) is 24.3 Å². The first-order valence-electron chi connectivity index (χ1n) is 6.89. The molecular weight excluding hydrogens is 245 g/mol. The third kappa shape index (κ3) is 3.53. The first kappa shape index (κ1) is 14.0. The lowest BCUT2D eigenvalue weighted by atomic mass is 10.0. The second-order valence-corrected chi connectivity index (χ2v) is 4.85. The number of carbonyl (C=O) groups is 1. The first-order valence-corrected chi connectivity index (χ1v) is 6.89. The minimum Gasteiger partial charge on any atom is -0.465 e. The maximum absolute atomic E-state index is 13.9. The molecule has 0 aliphatic heterocycles. The average Bonchev–Trinajstić information content (AvgIpc) is 2.90. The van der Waals surface area contributed by atoms with Crippen LogP contribution in [0.1, 0.15) is 44.2 Å². The standard InChI is InChI=1S/C15H20FNO2/c1-2-19-15(18)14(17-11-7-3-4-8-11)12-9-5-6-10-13(12)16/h5-6,9-11,14,17H,2-4,7-8H2,1H3. The molecule has 1 aromatic carbocycles. The Morgan fingerprint density at radius 1 is 1.42 bits per heavy atom. The summed E-state index contributed by atoms with van der Waals surface area (Å²) >= 11 is 0. The zero-order valence-electron chi connectivity index (χ0n) is 11.2. The zero-order chi connectivity index (χ0) is 13.7. The summed E-state index contributed by atoms with van der Waals surface area (Å²) in [6, 6.07) is 5.94. The molecule has 1 unspecified atom stereocenters. The van der Waals surface area contributed by atoms with Crippen molar-refractivity contribution in [1.29, 1.82) is 0 Å². The number of hydrogen-bond donors (Lipinski definition) is 1. The monoisotopic (exact) mass is 265 g/mol. The van der Waals surface area contributed by atoms with Gasteiger partial charge < -0.3 is 4.74 Å². The number of ether oxygens (including phenoxy) is 1. The lowest BCUT2D eigenvalue weighted by molar-refractivity contribution is -0.146. The van der Waals surface area contributed by atoms with Gasteiger partial charge in [-0.3, -0.25) is 5.32 Å². The molecule has 2 rings (SSSR count). The van der Waals surface area contributed by atoms with Gasteiger partial charge in [0.15, 0.2) is 0 Å². The summed E-state index contributed by atoms with van der Waals surface area (Å²) < 4.78 is 18.9. The van der Waals surface area contributed by atoms with E-state index in [0.717, 1.165) is 25.7 Å². The Morgan fingerprint density at radius 3 is 2.74 bits per heavy atom. The van der Waals surface area contributed by atoms with Gasteiger partial charge in [0.1, 0.15) is 11.9 Å². The Balaban J connectivity index is 2.18. The molecule has 1 aromatic rings. The number of halogens is 1. The van der Waals surface area contributed by atoms with E-state index in [4.69, 9.17) is 4.74 Å². The van der Waals surface area contributed by atoms with Gasteiger partial charge in [0, 0.05) is 11.6 Å². The van der Waals surface area contributed by atoms with E-state index in [-0.39, 0.29) is 11.9 Å². The summed E-state index contributed by atoms with van der Waals surface area (Å²) in [6.07, 6.45) is 4.38. The molecule has 1 fully saturated rings. The van der Waals surface area contributed by atoms with Crippen LogP contribution in [0.4, 0.5) is 4.39 Å². The van der Waals surface area contributed by atoms with Gasteiger partial charge in [0.25, 0.3) is 0 Å². The van der Waals surface area contributed by atoms with E-state index in [9.17, 15) is 9.18 Å². The Labute approximate surface area is 113 Å². The minimum absolute atomic E-state index is 0.272. The fourth-order valence-corrected chi connectivity index (χ4v) is 2.55. The van der Waals surface area contributed by atoms with Gasteiger partial charge in [-0.2, -0.15) is 0 Å². The van der Waals surface area contributed by atoms with Crippen molar-refractivity contribution in [2.75, 3.05) is 6.61 Å². The molecular formula is C15H20FNO2. The van der Waals surface area contributed by atoms with Gasteiger partial charge in [-0.25, -0.2) is 9.18 Å². The van der Waals surface area contributed by atoms with Gasteiger partial charge in [-0.1, -0.05) is 31.0 Å². The fourth-order valence-electron chi connectivity index (χ4n) is 2.55. The molecule has 0 bridgehead atoms. The normalized spacial score (nSPS) is 17.4. The molecule has 0 radical (unpaired) electrons. The van der Waals surface area contributed by atoms with Crippen LogP contribution in [0.5, 0.6) is 0 Å². The molecule has 4 heteroatoms. The number of esters is 1. The summed E-state index contributed by atoms with van der Waals surface area (Å²) in [5.74, 6) is -0.773. The lowest BCUT2D eigenvalue weighted by Gasteiger charge is -2.22. The SMILES string of the molecule is CCOC(=O)C(NC1CCCC1)c1ccccc1F. The van der Waals surface area contributed by atoms with Crippen molar-refractivity contribution in [2.24, 2.45) is 0 Å². The van der Waals surface area contributed by atoms with Crippen LogP contribution in [-0.4, -0.2) is 18.6 Å². The molecule has 0 spiro atoms. The summed E-state index contributed by atoms with van der Waals surface area (Å²) in [6.45, 7) is 2.06. The molecule has 1 atom stereocenters. The molecule has 0 aromatic heterocycles. The fraction of sp³-hybridized carbons (Fsp3) is 0.533. The van der Waals surface area contributed by atoms with Gasteiger partial charge in [0.2, 0.25) is 0 Å². The van der Waals surface area contributed by atoms with E-state index in [0.29, 0.717) is 12.2 Å². The highest BCUT2D eigenvalue weighted by Gasteiger charge is 2.28. The van der Waals surface area contributed by atoms with Crippen molar-refractivity contribution in [2.45, 2.75) is 44.7 Å². The highest BCUT2D eigenvalue weighted by molar-refractivity contribution is 5.77. The van der Waals surface area contributed by atoms with Crippen LogP contribution in [0.2, 0.25) is 0 Å². The largest absolute Gasteiger partial charge is 0.465 e.